The zero-order valence-corrected chi connectivity index (χ0v) is 10.3. The molecule has 5 heteroatoms. The van der Waals surface area contributed by atoms with Crippen LogP contribution in [0.5, 0.6) is 0 Å². The van der Waals surface area contributed by atoms with E-state index < -0.39 is 0 Å². The molecule has 17 heavy (non-hydrogen) atoms. The second kappa shape index (κ2) is 7.14. The summed E-state index contributed by atoms with van der Waals surface area (Å²) >= 11 is 0. The normalized spacial score (nSPS) is 18.2. The molecule has 4 nitrogen and oxygen atoms in total. The van der Waals surface area contributed by atoms with E-state index in [2.05, 4.69) is 10.6 Å². The minimum atomic E-state index is -0.336. The number of hydrogen-bond acceptors (Lipinski definition) is 3. The van der Waals surface area contributed by atoms with Crippen molar-refractivity contribution in [3.8, 4) is 0 Å². The van der Waals surface area contributed by atoms with Gasteiger partial charge in [0.05, 0.1) is 0 Å². The van der Waals surface area contributed by atoms with Gasteiger partial charge in [0.2, 0.25) is 0 Å². The predicted octanol–water partition coefficient (Wildman–Crippen LogP) is 1.70. The second-order valence-corrected chi connectivity index (χ2v) is 3.90. The van der Waals surface area contributed by atoms with E-state index in [4.69, 9.17) is 4.74 Å². The number of carbonyl (C=O) groups is 1. The summed E-state index contributed by atoms with van der Waals surface area (Å²) in [7, 11) is 0. The molecular formula is C12H17ClN2O2. The standard InChI is InChI=1S/C12H16N2O2.ClH/c15-12(14-11-6-7-13-8-11)16-9-10-4-2-1-3-5-10;/h1-5,11,13H,6-9H2,(H,14,15);1H. The highest BCUT2D eigenvalue weighted by Crippen LogP contribution is 2.02. The SMILES string of the molecule is Cl.O=C(NC1CCNC1)OCc1ccccc1. The van der Waals surface area contributed by atoms with Crippen LogP contribution in [0.2, 0.25) is 0 Å². The Morgan fingerprint density at radius 1 is 1.41 bits per heavy atom. The van der Waals surface area contributed by atoms with Crippen molar-refractivity contribution in [2.24, 2.45) is 0 Å². The van der Waals surface area contributed by atoms with Gasteiger partial charge in [-0.15, -0.1) is 12.4 Å². The Hall–Kier alpha value is -1.26. The molecule has 1 aromatic rings. The van der Waals surface area contributed by atoms with Crippen LogP contribution in [0.3, 0.4) is 0 Å². The number of amides is 1. The van der Waals surface area contributed by atoms with Gasteiger partial charge in [-0.3, -0.25) is 0 Å². The van der Waals surface area contributed by atoms with Crippen molar-refractivity contribution >= 4 is 18.5 Å². The van der Waals surface area contributed by atoms with Crippen LogP contribution in [-0.4, -0.2) is 25.2 Å². The third-order valence-electron chi connectivity index (χ3n) is 2.60. The van der Waals surface area contributed by atoms with Crippen molar-refractivity contribution in [3.63, 3.8) is 0 Å². The summed E-state index contributed by atoms with van der Waals surface area (Å²) in [6.45, 7) is 2.12. The van der Waals surface area contributed by atoms with E-state index >= 15 is 0 Å². The fourth-order valence-electron chi connectivity index (χ4n) is 1.71. The Labute approximate surface area is 107 Å². The van der Waals surface area contributed by atoms with Crippen molar-refractivity contribution in [2.45, 2.75) is 19.1 Å². The summed E-state index contributed by atoms with van der Waals surface area (Å²) in [5.74, 6) is 0. The average molecular weight is 257 g/mol. The van der Waals surface area contributed by atoms with Gasteiger partial charge in [-0.2, -0.15) is 0 Å². The van der Waals surface area contributed by atoms with E-state index in [0.29, 0.717) is 6.61 Å². The number of carbonyl (C=O) groups excluding carboxylic acids is 1. The van der Waals surface area contributed by atoms with Crippen molar-refractivity contribution in [3.05, 3.63) is 35.9 Å². The van der Waals surface area contributed by atoms with Crippen molar-refractivity contribution in [2.75, 3.05) is 13.1 Å². The first-order valence-corrected chi connectivity index (χ1v) is 5.52. The molecule has 94 valence electrons. The van der Waals surface area contributed by atoms with Crippen LogP contribution in [0.25, 0.3) is 0 Å². The number of halogens is 1. The Morgan fingerprint density at radius 3 is 2.82 bits per heavy atom. The molecule has 0 radical (unpaired) electrons. The molecule has 0 saturated carbocycles. The molecule has 1 aliphatic rings. The van der Waals surface area contributed by atoms with Crippen LogP contribution in [0.4, 0.5) is 4.79 Å². The molecule has 1 fully saturated rings. The van der Waals surface area contributed by atoms with Crippen LogP contribution in [0.1, 0.15) is 12.0 Å². The first-order valence-electron chi connectivity index (χ1n) is 5.52. The zero-order valence-electron chi connectivity index (χ0n) is 9.52. The molecule has 0 bridgehead atoms. The number of rotatable bonds is 3. The van der Waals surface area contributed by atoms with Gasteiger partial charge in [0, 0.05) is 12.6 Å². The highest BCUT2D eigenvalue weighted by atomic mass is 35.5. The summed E-state index contributed by atoms with van der Waals surface area (Å²) in [4.78, 5) is 11.4. The molecule has 1 amide bonds. The van der Waals surface area contributed by atoms with Gasteiger partial charge >= 0.3 is 6.09 Å². The van der Waals surface area contributed by atoms with Gasteiger partial charge < -0.3 is 15.4 Å². The molecule has 0 aliphatic carbocycles. The van der Waals surface area contributed by atoms with Gasteiger partial charge in [-0.05, 0) is 18.5 Å². The summed E-state index contributed by atoms with van der Waals surface area (Å²) < 4.78 is 5.11. The van der Waals surface area contributed by atoms with E-state index in [0.717, 1.165) is 25.1 Å². The zero-order chi connectivity index (χ0) is 11.2. The summed E-state index contributed by atoms with van der Waals surface area (Å²) in [5, 5.41) is 6.01. The van der Waals surface area contributed by atoms with E-state index in [1.165, 1.54) is 0 Å². The van der Waals surface area contributed by atoms with Gasteiger partial charge in [-0.25, -0.2) is 4.79 Å². The van der Waals surface area contributed by atoms with Crippen molar-refractivity contribution < 1.29 is 9.53 Å². The Balaban J connectivity index is 0.00000144. The number of alkyl carbamates (subject to hydrolysis) is 1. The predicted molar refractivity (Wildman–Crippen MR) is 68.3 cm³/mol. The molecule has 1 aliphatic heterocycles. The van der Waals surface area contributed by atoms with Crippen LogP contribution in [0.15, 0.2) is 30.3 Å². The number of nitrogens with one attached hydrogen (secondary N) is 2. The summed E-state index contributed by atoms with van der Waals surface area (Å²) in [5.41, 5.74) is 1.00. The van der Waals surface area contributed by atoms with E-state index in [1.54, 1.807) is 0 Å². The number of hydrogen-bond donors (Lipinski definition) is 2. The quantitative estimate of drug-likeness (QED) is 0.866. The Bertz CT molecular complexity index is 340. The molecule has 1 saturated heterocycles. The van der Waals surface area contributed by atoms with Gasteiger partial charge in [-0.1, -0.05) is 30.3 Å². The second-order valence-electron chi connectivity index (χ2n) is 3.90. The third kappa shape index (κ3) is 4.63. The first-order chi connectivity index (χ1) is 7.84. The van der Waals surface area contributed by atoms with Crippen LogP contribution in [-0.2, 0) is 11.3 Å². The molecule has 2 rings (SSSR count). The minimum Gasteiger partial charge on any atom is -0.445 e. The van der Waals surface area contributed by atoms with Gasteiger partial charge in [0.15, 0.2) is 0 Å². The van der Waals surface area contributed by atoms with Crippen LogP contribution < -0.4 is 10.6 Å². The minimum absolute atomic E-state index is 0. The molecule has 2 N–H and O–H groups in total. The van der Waals surface area contributed by atoms with Crippen LogP contribution in [0, 0.1) is 0 Å². The summed E-state index contributed by atoms with van der Waals surface area (Å²) in [6.07, 6.45) is 0.637. The largest absolute Gasteiger partial charge is 0.445 e. The first kappa shape index (κ1) is 13.8. The van der Waals surface area contributed by atoms with E-state index in [1.807, 2.05) is 30.3 Å². The maximum absolute atomic E-state index is 11.4. The lowest BCUT2D eigenvalue weighted by molar-refractivity contribution is 0.136. The van der Waals surface area contributed by atoms with E-state index in [9.17, 15) is 4.79 Å². The van der Waals surface area contributed by atoms with Crippen LogP contribution >= 0.6 is 12.4 Å². The maximum atomic E-state index is 11.4. The molecule has 0 aromatic heterocycles. The van der Waals surface area contributed by atoms with Gasteiger partial charge in [0.1, 0.15) is 6.61 Å². The summed E-state index contributed by atoms with van der Waals surface area (Å²) in [6, 6.07) is 9.88. The Morgan fingerprint density at radius 2 is 2.18 bits per heavy atom. The number of benzene rings is 1. The molecule has 0 spiro atoms. The van der Waals surface area contributed by atoms with Gasteiger partial charge in [0.25, 0.3) is 0 Å². The maximum Gasteiger partial charge on any atom is 0.407 e. The Kier molecular flexibility index (Phi) is 5.80. The molecule has 1 unspecified atom stereocenters. The van der Waals surface area contributed by atoms with Crippen molar-refractivity contribution in [1.82, 2.24) is 10.6 Å². The lowest BCUT2D eigenvalue weighted by Crippen LogP contribution is -2.36. The topological polar surface area (TPSA) is 50.4 Å². The third-order valence-corrected chi connectivity index (χ3v) is 2.60. The highest BCUT2D eigenvalue weighted by molar-refractivity contribution is 5.85. The highest BCUT2D eigenvalue weighted by Gasteiger charge is 2.16. The molecule has 1 aromatic carbocycles. The number of ether oxygens (including phenoxy) is 1. The fraction of sp³-hybridized carbons (Fsp3) is 0.417. The molecule has 1 atom stereocenters. The monoisotopic (exact) mass is 256 g/mol. The molecular weight excluding hydrogens is 240 g/mol. The smallest absolute Gasteiger partial charge is 0.407 e. The van der Waals surface area contributed by atoms with Crippen molar-refractivity contribution in [1.29, 1.82) is 0 Å². The average Bonchev–Trinajstić information content (AvgIpc) is 2.81. The van der Waals surface area contributed by atoms with E-state index in [-0.39, 0.29) is 24.5 Å². The fourth-order valence-corrected chi connectivity index (χ4v) is 1.71. The lowest BCUT2D eigenvalue weighted by atomic mass is 10.2. The molecule has 1 heterocycles. The lowest BCUT2D eigenvalue weighted by Gasteiger charge is -2.11.